The minimum absolute atomic E-state index is 0.157. The molecule has 0 atom stereocenters. The van der Waals surface area contributed by atoms with E-state index in [2.05, 4.69) is 27.6 Å². The number of halogens is 2. The smallest absolute Gasteiger partial charge is 0.266 e. The third-order valence-electron chi connectivity index (χ3n) is 4.20. The van der Waals surface area contributed by atoms with Gasteiger partial charge in [0.1, 0.15) is 11.6 Å². The Bertz CT molecular complexity index is 1210. The fourth-order valence-corrected chi connectivity index (χ4v) is 3.24. The summed E-state index contributed by atoms with van der Waals surface area (Å²) in [7, 11) is 0. The second-order valence-corrected chi connectivity index (χ2v) is 7.20. The zero-order valence-electron chi connectivity index (χ0n) is 14.1. The largest absolute Gasteiger partial charge is 0.268 e. The van der Waals surface area contributed by atoms with E-state index in [4.69, 9.17) is 0 Å². The van der Waals surface area contributed by atoms with Crippen LogP contribution in [-0.2, 0) is 0 Å². The van der Waals surface area contributed by atoms with Crippen molar-refractivity contribution in [1.82, 2.24) is 9.55 Å². The second-order valence-electron chi connectivity index (χ2n) is 5.96. The quantitative estimate of drug-likeness (QED) is 0.383. The highest BCUT2D eigenvalue weighted by atomic mass is 127. The maximum atomic E-state index is 14.0. The van der Waals surface area contributed by atoms with Crippen LogP contribution in [0.15, 0.2) is 77.6 Å². The molecule has 4 rings (SSSR count). The average molecular weight is 468 g/mol. The number of nitrogens with zero attached hydrogens (tertiary/aromatic N) is 2. The Balaban J connectivity index is 1.95. The lowest BCUT2D eigenvalue weighted by atomic mass is 10.2. The van der Waals surface area contributed by atoms with Crippen LogP contribution in [-0.4, -0.2) is 9.55 Å². The Morgan fingerprint density at radius 3 is 2.37 bits per heavy atom. The molecule has 0 unspecified atom stereocenters. The van der Waals surface area contributed by atoms with Crippen LogP contribution in [0.5, 0.6) is 0 Å². The molecule has 0 saturated heterocycles. The summed E-state index contributed by atoms with van der Waals surface area (Å²) in [6, 6.07) is 21.3. The molecule has 5 heteroatoms. The molecule has 0 aliphatic carbocycles. The lowest BCUT2D eigenvalue weighted by Gasteiger charge is -2.11. The van der Waals surface area contributed by atoms with E-state index >= 15 is 0 Å². The van der Waals surface area contributed by atoms with E-state index in [1.54, 1.807) is 47.1 Å². The molecule has 0 spiro atoms. The van der Waals surface area contributed by atoms with Crippen LogP contribution < -0.4 is 5.56 Å². The van der Waals surface area contributed by atoms with Crippen LogP contribution in [0.25, 0.3) is 28.7 Å². The molecule has 3 aromatic carbocycles. The summed E-state index contributed by atoms with van der Waals surface area (Å²) in [4.78, 5) is 17.8. The van der Waals surface area contributed by atoms with Crippen molar-refractivity contribution in [3.05, 3.63) is 104 Å². The van der Waals surface area contributed by atoms with Crippen molar-refractivity contribution in [3.8, 4) is 5.69 Å². The molecule has 0 fully saturated rings. The highest BCUT2D eigenvalue weighted by Gasteiger charge is 2.11. The molecule has 1 aromatic heterocycles. The standard InChI is InChI=1S/C22H14FIN2O/c23-19-7-3-1-5-15(19)9-14-21-25-20-8-4-2-6-18(20)22(27)26(21)17-12-10-16(24)11-13-17/h1-14H. The zero-order chi connectivity index (χ0) is 18.8. The van der Waals surface area contributed by atoms with Crippen LogP contribution >= 0.6 is 22.6 Å². The van der Waals surface area contributed by atoms with Gasteiger partial charge in [0.15, 0.2) is 0 Å². The Kier molecular flexibility index (Phi) is 4.85. The minimum Gasteiger partial charge on any atom is -0.268 e. The third kappa shape index (κ3) is 3.55. The van der Waals surface area contributed by atoms with Gasteiger partial charge in [-0.3, -0.25) is 9.36 Å². The summed E-state index contributed by atoms with van der Waals surface area (Å²) in [5.41, 5.74) is 1.60. The molecule has 0 N–H and O–H groups in total. The summed E-state index contributed by atoms with van der Waals surface area (Å²) in [6.45, 7) is 0. The molecule has 0 aliphatic rings. The maximum absolute atomic E-state index is 14.0. The van der Waals surface area contributed by atoms with Crippen molar-refractivity contribution < 1.29 is 4.39 Å². The fourth-order valence-electron chi connectivity index (χ4n) is 2.88. The lowest BCUT2D eigenvalue weighted by molar-refractivity contribution is 0.625. The maximum Gasteiger partial charge on any atom is 0.266 e. The lowest BCUT2D eigenvalue weighted by Crippen LogP contribution is -2.22. The van der Waals surface area contributed by atoms with Gasteiger partial charge in [0.2, 0.25) is 0 Å². The molecular weight excluding hydrogens is 454 g/mol. The van der Waals surface area contributed by atoms with Crippen molar-refractivity contribution in [2.24, 2.45) is 0 Å². The van der Waals surface area contributed by atoms with E-state index in [0.717, 1.165) is 3.57 Å². The van der Waals surface area contributed by atoms with Gasteiger partial charge >= 0.3 is 0 Å². The average Bonchev–Trinajstić information content (AvgIpc) is 2.69. The van der Waals surface area contributed by atoms with Gasteiger partial charge in [0, 0.05) is 9.13 Å². The Morgan fingerprint density at radius 2 is 1.59 bits per heavy atom. The minimum atomic E-state index is -0.322. The Hall–Kier alpha value is -2.80. The van der Waals surface area contributed by atoms with Gasteiger partial charge < -0.3 is 0 Å². The van der Waals surface area contributed by atoms with Crippen molar-refractivity contribution in [3.63, 3.8) is 0 Å². The number of benzene rings is 3. The van der Waals surface area contributed by atoms with Gasteiger partial charge in [0.05, 0.1) is 16.6 Å². The van der Waals surface area contributed by atoms with Gasteiger partial charge in [-0.05, 0) is 77.2 Å². The molecule has 1 heterocycles. The first kappa shape index (κ1) is 17.6. The number of hydrogen-bond acceptors (Lipinski definition) is 2. The van der Waals surface area contributed by atoms with Crippen molar-refractivity contribution in [1.29, 1.82) is 0 Å². The fraction of sp³-hybridized carbons (Fsp3) is 0. The molecule has 0 aliphatic heterocycles. The first-order valence-corrected chi connectivity index (χ1v) is 9.42. The van der Waals surface area contributed by atoms with Crippen LogP contribution in [0, 0.1) is 9.39 Å². The molecule has 0 radical (unpaired) electrons. The molecule has 0 bridgehead atoms. The van der Waals surface area contributed by atoms with Gasteiger partial charge in [0.25, 0.3) is 5.56 Å². The summed E-state index contributed by atoms with van der Waals surface area (Å²) < 4.78 is 16.6. The molecule has 27 heavy (non-hydrogen) atoms. The highest BCUT2D eigenvalue weighted by molar-refractivity contribution is 14.1. The molecule has 132 valence electrons. The summed E-state index contributed by atoms with van der Waals surface area (Å²) >= 11 is 2.22. The second kappa shape index (κ2) is 7.44. The van der Waals surface area contributed by atoms with E-state index in [1.165, 1.54) is 6.07 Å². The van der Waals surface area contributed by atoms with Gasteiger partial charge in [-0.1, -0.05) is 30.3 Å². The number of fused-ring (bicyclic) bond motifs is 1. The Labute approximate surface area is 169 Å². The molecule has 0 amide bonds. The first-order valence-electron chi connectivity index (χ1n) is 8.34. The predicted molar refractivity (Wildman–Crippen MR) is 115 cm³/mol. The van der Waals surface area contributed by atoms with Crippen LogP contribution in [0.2, 0.25) is 0 Å². The zero-order valence-corrected chi connectivity index (χ0v) is 16.3. The number of hydrogen-bond donors (Lipinski definition) is 0. The summed E-state index contributed by atoms with van der Waals surface area (Å²) in [5, 5.41) is 0.541. The first-order chi connectivity index (χ1) is 13.1. The summed E-state index contributed by atoms with van der Waals surface area (Å²) in [6.07, 6.45) is 3.30. The number of para-hydroxylation sites is 1. The monoisotopic (exact) mass is 468 g/mol. The predicted octanol–water partition coefficient (Wildman–Crippen LogP) is 5.30. The van der Waals surface area contributed by atoms with Crippen LogP contribution in [0.1, 0.15) is 11.4 Å². The number of aromatic nitrogens is 2. The van der Waals surface area contributed by atoms with E-state index in [0.29, 0.717) is 28.0 Å². The van der Waals surface area contributed by atoms with E-state index in [9.17, 15) is 9.18 Å². The van der Waals surface area contributed by atoms with Gasteiger partial charge in [-0.25, -0.2) is 9.37 Å². The highest BCUT2D eigenvalue weighted by Crippen LogP contribution is 2.17. The van der Waals surface area contributed by atoms with E-state index < -0.39 is 0 Å². The van der Waals surface area contributed by atoms with Crippen molar-refractivity contribution in [2.45, 2.75) is 0 Å². The van der Waals surface area contributed by atoms with Crippen molar-refractivity contribution >= 4 is 45.6 Å². The van der Waals surface area contributed by atoms with Crippen molar-refractivity contribution in [2.75, 3.05) is 0 Å². The van der Waals surface area contributed by atoms with Gasteiger partial charge in [-0.2, -0.15) is 0 Å². The number of rotatable bonds is 3. The van der Waals surface area contributed by atoms with E-state index in [1.807, 2.05) is 36.4 Å². The molecular formula is C22H14FIN2O. The van der Waals surface area contributed by atoms with E-state index in [-0.39, 0.29) is 11.4 Å². The topological polar surface area (TPSA) is 34.9 Å². The Morgan fingerprint density at radius 1 is 0.889 bits per heavy atom. The normalized spacial score (nSPS) is 11.3. The van der Waals surface area contributed by atoms with Crippen LogP contribution in [0.4, 0.5) is 4.39 Å². The van der Waals surface area contributed by atoms with Crippen LogP contribution in [0.3, 0.4) is 0 Å². The molecule has 0 saturated carbocycles. The molecule has 4 aromatic rings. The SMILES string of the molecule is O=c1c2ccccc2nc(C=Cc2ccccc2F)n1-c1ccc(I)cc1. The third-order valence-corrected chi connectivity index (χ3v) is 4.92. The van der Waals surface area contributed by atoms with Gasteiger partial charge in [-0.15, -0.1) is 0 Å². The molecule has 3 nitrogen and oxygen atoms in total. The summed E-state index contributed by atoms with van der Waals surface area (Å²) in [5.74, 6) is 0.126.